The normalized spacial score (nSPS) is 13.4. The minimum atomic E-state index is -4.35. The second kappa shape index (κ2) is 6.23. The van der Waals surface area contributed by atoms with E-state index in [2.05, 4.69) is 0 Å². The van der Waals surface area contributed by atoms with Crippen LogP contribution in [0.1, 0.15) is 24.5 Å². The first-order valence-corrected chi connectivity index (χ1v) is 6.10. The molecule has 0 aromatic heterocycles. The number of Topliss-reactive ketones (excluding diaryl/α,β-unsaturated/α-hetero) is 1. The Morgan fingerprint density at radius 1 is 1.39 bits per heavy atom. The maximum absolute atomic E-state index is 12.5. The standard InChI is InChI=1S/C13H14ClF3O/c1-9(18)11(5-6-14)7-10-3-2-4-12(8-10)13(15,16)17/h2-4,8,11H,5-7H2,1H3. The highest BCUT2D eigenvalue weighted by Gasteiger charge is 2.30. The fraction of sp³-hybridized carbons (Fsp3) is 0.462. The van der Waals surface area contributed by atoms with Crippen LogP contribution in [-0.2, 0) is 17.4 Å². The van der Waals surface area contributed by atoms with Crippen molar-refractivity contribution in [3.63, 3.8) is 0 Å². The minimum Gasteiger partial charge on any atom is -0.300 e. The predicted molar refractivity (Wildman–Crippen MR) is 64.7 cm³/mol. The van der Waals surface area contributed by atoms with Gasteiger partial charge >= 0.3 is 6.18 Å². The number of hydrogen-bond donors (Lipinski definition) is 0. The molecule has 0 saturated carbocycles. The van der Waals surface area contributed by atoms with Crippen molar-refractivity contribution in [2.24, 2.45) is 5.92 Å². The molecule has 0 spiro atoms. The van der Waals surface area contributed by atoms with Crippen molar-refractivity contribution < 1.29 is 18.0 Å². The molecular formula is C13H14ClF3O. The largest absolute Gasteiger partial charge is 0.416 e. The molecule has 0 N–H and O–H groups in total. The molecule has 0 fully saturated rings. The van der Waals surface area contributed by atoms with Crippen LogP contribution < -0.4 is 0 Å². The number of benzene rings is 1. The summed E-state index contributed by atoms with van der Waals surface area (Å²) in [5.41, 5.74) is -0.177. The van der Waals surface area contributed by atoms with E-state index in [9.17, 15) is 18.0 Å². The van der Waals surface area contributed by atoms with Crippen molar-refractivity contribution in [1.29, 1.82) is 0 Å². The molecule has 0 saturated heterocycles. The molecule has 5 heteroatoms. The molecule has 0 heterocycles. The highest BCUT2D eigenvalue weighted by atomic mass is 35.5. The fourth-order valence-electron chi connectivity index (χ4n) is 1.74. The molecule has 0 bridgehead atoms. The molecule has 0 aliphatic rings. The van der Waals surface area contributed by atoms with Gasteiger partial charge in [0.2, 0.25) is 0 Å². The third-order valence-corrected chi connectivity index (χ3v) is 2.99. The maximum atomic E-state index is 12.5. The summed E-state index contributed by atoms with van der Waals surface area (Å²) in [4.78, 5) is 11.3. The van der Waals surface area contributed by atoms with Crippen molar-refractivity contribution in [3.8, 4) is 0 Å². The van der Waals surface area contributed by atoms with Gasteiger partial charge in [0.1, 0.15) is 5.78 Å². The van der Waals surface area contributed by atoms with Crippen molar-refractivity contribution in [2.45, 2.75) is 25.9 Å². The van der Waals surface area contributed by atoms with Gasteiger partial charge in [-0.3, -0.25) is 4.79 Å². The maximum Gasteiger partial charge on any atom is 0.416 e. The number of carbonyl (C=O) groups is 1. The van der Waals surface area contributed by atoms with E-state index in [1.54, 1.807) is 6.07 Å². The summed E-state index contributed by atoms with van der Waals surface area (Å²) in [6.45, 7) is 1.44. The third kappa shape index (κ3) is 4.33. The molecule has 1 atom stereocenters. The molecule has 0 aliphatic heterocycles. The van der Waals surface area contributed by atoms with Gasteiger partial charge in [0, 0.05) is 11.8 Å². The summed E-state index contributed by atoms with van der Waals surface area (Å²) in [5, 5.41) is 0. The Morgan fingerprint density at radius 2 is 2.06 bits per heavy atom. The zero-order valence-electron chi connectivity index (χ0n) is 9.93. The average Bonchev–Trinajstić information content (AvgIpc) is 2.27. The average molecular weight is 279 g/mol. The monoisotopic (exact) mass is 278 g/mol. The van der Waals surface area contributed by atoms with Gasteiger partial charge in [-0.05, 0) is 31.4 Å². The molecule has 1 unspecified atom stereocenters. The summed E-state index contributed by atoms with van der Waals surface area (Å²) in [6.07, 6.45) is -3.58. The summed E-state index contributed by atoms with van der Waals surface area (Å²) in [7, 11) is 0. The topological polar surface area (TPSA) is 17.1 Å². The van der Waals surface area contributed by atoms with Crippen molar-refractivity contribution in [2.75, 3.05) is 5.88 Å². The molecule has 0 radical (unpaired) electrons. The lowest BCUT2D eigenvalue weighted by Gasteiger charge is -2.13. The van der Waals surface area contributed by atoms with Gasteiger partial charge in [0.05, 0.1) is 5.56 Å². The molecule has 1 aromatic rings. The molecule has 1 rings (SSSR count). The lowest BCUT2D eigenvalue weighted by atomic mass is 9.93. The number of rotatable bonds is 5. The van der Waals surface area contributed by atoms with E-state index in [4.69, 9.17) is 11.6 Å². The lowest BCUT2D eigenvalue weighted by molar-refractivity contribution is -0.137. The van der Waals surface area contributed by atoms with E-state index in [0.717, 1.165) is 12.1 Å². The van der Waals surface area contributed by atoms with Gasteiger partial charge in [-0.2, -0.15) is 13.2 Å². The first-order valence-electron chi connectivity index (χ1n) is 5.57. The van der Waals surface area contributed by atoms with E-state index >= 15 is 0 Å². The quantitative estimate of drug-likeness (QED) is 0.742. The second-order valence-electron chi connectivity index (χ2n) is 4.19. The SMILES string of the molecule is CC(=O)C(CCCl)Cc1cccc(C(F)(F)F)c1. The Morgan fingerprint density at radius 3 is 2.56 bits per heavy atom. The molecule has 0 aliphatic carbocycles. The Hall–Kier alpha value is -1.03. The molecule has 100 valence electrons. The van der Waals surface area contributed by atoms with Gasteiger partial charge in [-0.15, -0.1) is 11.6 Å². The van der Waals surface area contributed by atoms with E-state index in [1.165, 1.54) is 13.0 Å². The van der Waals surface area contributed by atoms with Gasteiger partial charge < -0.3 is 0 Å². The molecule has 18 heavy (non-hydrogen) atoms. The molecule has 1 nitrogen and oxygen atoms in total. The number of ketones is 1. The van der Waals surface area contributed by atoms with Crippen molar-refractivity contribution in [1.82, 2.24) is 0 Å². The first-order chi connectivity index (χ1) is 8.34. The van der Waals surface area contributed by atoms with Crippen molar-refractivity contribution in [3.05, 3.63) is 35.4 Å². The van der Waals surface area contributed by atoms with Crippen molar-refractivity contribution >= 4 is 17.4 Å². The summed E-state index contributed by atoms with van der Waals surface area (Å²) in [6, 6.07) is 5.06. The summed E-state index contributed by atoms with van der Waals surface area (Å²) in [5.74, 6) is -0.0394. The summed E-state index contributed by atoms with van der Waals surface area (Å²) < 4.78 is 37.6. The Bertz CT molecular complexity index is 415. The predicted octanol–water partition coefficient (Wildman–Crippen LogP) is 4.08. The molecular weight excluding hydrogens is 265 g/mol. The fourth-order valence-corrected chi connectivity index (χ4v) is 2.00. The van der Waals surface area contributed by atoms with Crippen LogP contribution in [0.4, 0.5) is 13.2 Å². The zero-order valence-corrected chi connectivity index (χ0v) is 10.7. The molecule has 1 aromatic carbocycles. The van der Waals surface area contributed by atoms with Gasteiger partial charge in [-0.1, -0.05) is 18.2 Å². The van der Waals surface area contributed by atoms with E-state index in [0.29, 0.717) is 24.3 Å². The van der Waals surface area contributed by atoms with Crippen LogP contribution in [0.25, 0.3) is 0 Å². The smallest absolute Gasteiger partial charge is 0.300 e. The van der Waals surface area contributed by atoms with Crippen LogP contribution in [0.15, 0.2) is 24.3 Å². The number of hydrogen-bond acceptors (Lipinski definition) is 1. The Kier molecular flexibility index (Phi) is 5.20. The third-order valence-electron chi connectivity index (χ3n) is 2.77. The van der Waals surface area contributed by atoms with Crippen LogP contribution in [-0.4, -0.2) is 11.7 Å². The van der Waals surface area contributed by atoms with Crippen LogP contribution in [0.2, 0.25) is 0 Å². The van der Waals surface area contributed by atoms with Gasteiger partial charge in [0.15, 0.2) is 0 Å². The molecule has 0 amide bonds. The van der Waals surface area contributed by atoms with Crippen LogP contribution in [0.5, 0.6) is 0 Å². The Labute approximate surface area is 109 Å². The Balaban J connectivity index is 2.87. The van der Waals surface area contributed by atoms with E-state index in [1.807, 2.05) is 0 Å². The number of halogens is 4. The highest BCUT2D eigenvalue weighted by molar-refractivity contribution is 6.18. The van der Waals surface area contributed by atoms with Crippen LogP contribution >= 0.6 is 11.6 Å². The van der Waals surface area contributed by atoms with E-state index in [-0.39, 0.29) is 11.7 Å². The number of alkyl halides is 4. The second-order valence-corrected chi connectivity index (χ2v) is 4.57. The van der Waals surface area contributed by atoms with E-state index < -0.39 is 11.7 Å². The highest BCUT2D eigenvalue weighted by Crippen LogP contribution is 2.30. The lowest BCUT2D eigenvalue weighted by Crippen LogP contribution is -2.15. The van der Waals surface area contributed by atoms with Crippen LogP contribution in [0.3, 0.4) is 0 Å². The number of carbonyl (C=O) groups excluding carboxylic acids is 1. The zero-order chi connectivity index (χ0) is 13.8. The summed E-state index contributed by atoms with van der Waals surface area (Å²) >= 11 is 5.58. The van der Waals surface area contributed by atoms with Gasteiger partial charge in [0.25, 0.3) is 0 Å². The minimum absolute atomic E-state index is 0.0481. The van der Waals surface area contributed by atoms with Gasteiger partial charge in [-0.25, -0.2) is 0 Å². The van der Waals surface area contributed by atoms with Crippen LogP contribution in [0, 0.1) is 5.92 Å². The first kappa shape index (κ1) is 15.0.